The number of carbonyl (C=O) groups excluding carboxylic acids is 2. The van der Waals surface area contributed by atoms with E-state index in [2.05, 4.69) is 19.2 Å². The molecule has 1 N–H and O–H groups in total. The van der Waals surface area contributed by atoms with Crippen LogP contribution in [-0.2, 0) is 9.59 Å². The highest BCUT2D eigenvalue weighted by Crippen LogP contribution is 2.34. The van der Waals surface area contributed by atoms with Crippen molar-refractivity contribution in [2.24, 2.45) is 5.92 Å². The van der Waals surface area contributed by atoms with Crippen LogP contribution in [0.5, 0.6) is 17.2 Å². The lowest BCUT2D eigenvalue weighted by Crippen LogP contribution is -2.32. The second-order valence-corrected chi connectivity index (χ2v) is 7.53. The third-order valence-electron chi connectivity index (χ3n) is 4.86. The summed E-state index contributed by atoms with van der Waals surface area (Å²) in [6.45, 7) is 6.82. The number of hydrogen-bond acceptors (Lipinski definition) is 6. The zero-order valence-electron chi connectivity index (χ0n) is 18.5. The van der Waals surface area contributed by atoms with Gasteiger partial charge in [0.05, 0.1) is 26.4 Å². The average molecular weight is 424 g/mol. The number of benzene rings is 2. The van der Waals surface area contributed by atoms with Gasteiger partial charge in [-0.1, -0.05) is 26.0 Å². The molecule has 7 heteroatoms. The summed E-state index contributed by atoms with van der Waals surface area (Å²) >= 11 is 0. The molecular weight excluding hydrogens is 396 g/mol. The summed E-state index contributed by atoms with van der Waals surface area (Å²) in [6, 6.07) is 12.4. The summed E-state index contributed by atoms with van der Waals surface area (Å²) in [6.07, 6.45) is 0. The molecule has 0 aliphatic carbocycles. The molecule has 1 aliphatic heterocycles. The number of anilines is 1. The maximum absolute atomic E-state index is 13.0. The maximum Gasteiger partial charge on any atom is 0.278 e. The van der Waals surface area contributed by atoms with Crippen LogP contribution in [0.1, 0.15) is 26.3 Å². The molecule has 1 heterocycles. The Morgan fingerprint density at radius 1 is 0.935 bits per heavy atom. The van der Waals surface area contributed by atoms with Crippen LogP contribution in [-0.4, -0.2) is 44.1 Å². The lowest BCUT2D eigenvalue weighted by atomic mass is 10.0. The Labute approximate surface area is 182 Å². The van der Waals surface area contributed by atoms with Gasteiger partial charge in [-0.3, -0.25) is 14.5 Å². The van der Waals surface area contributed by atoms with E-state index in [4.69, 9.17) is 14.2 Å². The van der Waals surface area contributed by atoms with Gasteiger partial charge in [-0.15, -0.1) is 0 Å². The first kappa shape index (κ1) is 22.2. The van der Waals surface area contributed by atoms with E-state index >= 15 is 0 Å². The zero-order chi connectivity index (χ0) is 22.5. The van der Waals surface area contributed by atoms with Crippen molar-refractivity contribution in [1.82, 2.24) is 4.90 Å². The Morgan fingerprint density at radius 3 is 2.19 bits per heavy atom. The van der Waals surface area contributed by atoms with E-state index in [0.717, 1.165) is 5.75 Å². The highest BCUT2D eigenvalue weighted by Gasteiger charge is 2.38. The fraction of sp³-hybridized carbons (Fsp3) is 0.333. The molecule has 3 rings (SSSR count). The number of hydrogen-bond donors (Lipinski definition) is 1. The molecule has 0 bridgehead atoms. The van der Waals surface area contributed by atoms with Crippen molar-refractivity contribution in [2.75, 3.05) is 32.7 Å². The molecule has 2 amide bonds. The monoisotopic (exact) mass is 424 g/mol. The van der Waals surface area contributed by atoms with Crippen LogP contribution in [0.25, 0.3) is 5.57 Å². The standard InChI is InChI=1S/C24H28N2O5/c1-6-26-23(27)21(16-7-10-18(11-8-16)31-14-15(2)3)22(24(26)28)25-17-9-12-19(29-4)20(13-17)30-5/h7-13,15,25H,6,14H2,1-5H3. The SMILES string of the molecule is CCN1C(=O)C(Nc2ccc(OC)c(OC)c2)=C(c2ccc(OCC(C)C)cc2)C1=O. The molecule has 31 heavy (non-hydrogen) atoms. The normalized spacial score (nSPS) is 13.8. The van der Waals surface area contributed by atoms with Gasteiger partial charge in [-0.2, -0.15) is 0 Å². The number of nitrogens with one attached hydrogen (secondary N) is 1. The number of nitrogens with zero attached hydrogens (tertiary/aromatic N) is 1. The van der Waals surface area contributed by atoms with E-state index in [1.807, 2.05) is 12.1 Å². The quantitative estimate of drug-likeness (QED) is 0.614. The maximum atomic E-state index is 13.0. The van der Waals surface area contributed by atoms with Gasteiger partial charge in [-0.25, -0.2) is 0 Å². The fourth-order valence-corrected chi connectivity index (χ4v) is 3.29. The number of rotatable bonds is 9. The van der Waals surface area contributed by atoms with E-state index in [9.17, 15) is 9.59 Å². The molecule has 7 nitrogen and oxygen atoms in total. The summed E-state index contributed by atoms with van der Waals surface area (Å²) in [5.74, 6) is 1.53. The molecule has 0 fully saturated rings. The van der Waals surface area contributed by atoms with Crippen molar-refractivity contribution in [2.45, 2.75) is 20.8 Å². The molecular formula is C24H28N2O5. The van der Waals surface area contributed by atoms with Crippen LogP contribution >= 0.6 is 0 Å². The lowest BCUT2D eigenvalue weighted by molar-refractivity contribution is -0.136. The molecule has 0 spiro atoms. The van der Waals surface area contributed by atoms with Gasteiger partial charge in [0.1, 0.15) is 11.4 Å². The topological polar surface area (TPSA) is 77.1 Å². The Balaban J connectivity index is 1.97. The Bertz CT molecular complexity index is 996. The van der Waals surface area contributed by atoms with Gasteiger partial charge < -0.3 is 19.5 Å². The predicted octanol–water partition coefficient (Wildman–Crippen LogP) is 3.95. The van der Waals surface area contributed by atoms with Crippen molar-refractivity contribution in [1.29, 1.82) is 0 Å². The Hall–Kier alpha value is -3.48. The average Bonchev–Trinajstić information content (AvgIpc) is 3.01. The van der Waals surface area contributed by atoms with Crippen molar-refractivity contribution in [3.8, 4) is 17.2 Å². The summed E-state index contributed by atoms with van der Waals surface area (Å²) in [4.78, 5) is 27.2. The summed E-state index contributed by atoms with van der Waals surface area (Å²) < 4.78 is 16.3. The molecule has 164 valence electrons. The minimum atomic E-state index is -0.364. The van der Waals surface area contributed by atoms with Gasteiger partial charge >= 0.3 is 0 Å². The van der Waals surface area contributed by atoms with Crippen LogP contribution in [0, 0.1) is 5.92 Å². The Morgan fingerprint density at radius 2 is 1.61 bits per heavy atom. The van der Waals surface area contributed by atoms with E-state index in [1.54, 1.807) is 44.4 Å². The highest BCUT2D eigenvalue weighted by molar-refractivity contribution is 6.36. The number of methoxy groups -OCH3 is 2. The summed E-state index contributed by atoms with van der Waals surface area (Å²) in [5, 5.41) is 3.12. The third kappa shape index (κ3) is 4.66. The van der Waals surface area contributed by atoms with E-state index in [-0.39, 0.29) is 24.1 Å². The number of likely N-dealkylation sites (N-methyl/N-ethyl adjacent to an activating group) is 1. The fourth-order valence-electron chi connectivity index (χ4n) is 3.29. The molecule has 0 atom stereocenters. The minimum absolute atomic E-state index is 0.231. The predicted molar refractivity (Wildman–Crippen MR) is 119 cm³/mol. The van der Waals surface area contributed by atoms with Crippen LogP contribution in [0.4, 0.5) is 5.69 Å². The van der Waals surface area contributed by atoms with Gasteiger partial charge in [0.15, 0.2) is 11.5 Å². The van der Waals surface area contributed by atoms with Crippen LogP contribution in [0.3, 0.4) is 0 Å². The van der Waals surface area contributed by atoms with Gasteiger partial charge in [0.25, 0.3) is 11.8 Å². The van der Waals surface area contributed by atoms with E-state index in [0.29, 0.717) is 40.8 Å². The molecule has 2 aromatic rings. The number of carbonyl (C=O) groups is 2. The molecule has 1 aliphatic rings. The van der Waals surface area contributed by atoms with Crippen molar-refractivity contribution in [3.05, 3.63) is 53.7 Å². The number of amides is 2. The number of imide groups is 1. The highest BCUT2D eigenvalue weighted by atomic mass is 16.5. The van der Waals surface area contributed by atoms with Gasteiger partial charge in [0, 0.05) is 18.3 Å². The first-order valence-electron chi connectivity index (χ1n) is 10.2. The molecule has 0 radical (unpaired) electrons. The van der Waals surface area contributed by atoms with Crippen molar-refractivity contribution in [3.63, 3.8) is 0 Å². The van der Waals surface area contributed by atoms with Crippen LogP contribution in [0.2, 0.25) is 0 Å². The molecule has 0 unspecified atom stereocenters. The second kappa shape index (κ2) is 9.55. The van der Waals surface area contributed by atoms with Crippen LogP contribution in [0.15, 0.2) is 48.2 Å². The third-order valence-corrected chi connectivity index (χ3v) is 4.86. The second-order valence-electron chi connectivity index (χ2n) is 7.53. The van der Waals surface area contributed by atoms with Crippen LogP contribution < -0.4 is 19.5 Å². The van der Waals surface area contributed by atoms with Gasteiger partial charge in [-0.05, 0) is 42.7 Å². The molecule has 0 aromatic heterocycles. The molecule has 0 saturated carbocycles. The lowest BCUT2D eigenvalue weighted by Gasteiger charge is -2.13. The van der Waals surface area contributed by atoms with E-state index < -0.39 is 0 Å². The first-order valence-corrected chi connectivity index (χ1v) is 10.2. The first-order chi connectivity index (χ1) is 14.9. The minimum Gasteiger partial charge on any atom is -0.493 e. The molecule has 0 saturated heterocycles. The summed E-state index contributed by atoms with van der Waals surface area (Å²) in [5.41, 5.74) is 1.82. The Kier molecular flexibility index (Phi) is 6.84. The van der Waals surface area contributed by atoms with Crippen molar-refractivity contribution < 1.29 is 23.8 Å². The zero-order valence-corrected chi connectivity index (χ0v) is 18.5. The largest absolute Gasteiger partial charge is 0.493 e. The van der Waals surface area contributed by atoms with E-state index in [1.165, 1.54) is 12.0 Å². The van der Waals surface area contributed by atoms with Crippen molar-refractivity contribution >= 4 is 23.1 Å². The van der Waals surface area contributed by atoms with Gasteiger partial charge in [0.2, 0.25) is 0 Å². The molecule has 2 aromatic carbocycles. The summed E-state index contributed by atoms with van der Waals surface area (Å²) in [7, 11) is 3.09. The smallest absolute Gasteiger partial charge is 0.278 e. The number of ether oxygens (including phenoxy) is 3.